The molecule has 0 aliphatic heterocycles. The molecule has 0 aliphatic carbocycles. The molecule has 0 fully saturated rings. The molecule has 0 bridgehead atoms. The Kier molecular flexibility index (Phi) is 5.63. The highest BCUT2D eigenvalue weighted by Crippen LogP contribution is 2.32. The van der Waals surface area contributed by atoms with Crippen LogP contribution in [0.25, 0.3) is 0 Å². The molecule has 1 rings (SSSR count). The van der Waals surface area contributed by atoms with Crippen molar-refractivity contribution in [2.75, 3.05) is 6.54 Å². The summed E-state index contributed by atoms with van der Waals surface area (Å²) in [5, 5.41) is 2.89. The molecule has 1 aromatic rings. The number of carbonyl (C=O) groups is 1. The predicted molar refractivity (Wildman–Crippen MR) is 79.6 cm³/mol. The van der Waals surface area contributed by atoms with Crippen molar-refractivity contribution < 1.29 is 4.79 Å². The van der Waals surface area contributed by atoms with Gasteiger partial charge in [-0.2, -0.15) is 0 Å². The molecule has 0 spiro atoms. The summed E-state index contributed by atoms with van der Waals surface area (Å²) in [6.07, 6.45) is 1.70. The molecule has 0 aromatic carbocycles. The third-order valence-electron chi connectivity index (χ3n) is 2.88. The second-order valence-electron chi connectivity index (χ2n) is 3.98. The van der Waals surface area contributed by atoms with Crippen molar-refractivity contribution in [2.45, 2.75) is 32.2 Å². The average Bonchev–Trinajstić information content (AvgIpc) is 2.66. The number of halogens is 2. The molecule has 96 valence electrons. The van der Waals surface area contributed by atoms with E-state index in [9.17, 15) is 4.79 Å². The maximum Gasteiger partial charge on any atom is 0.261 e. The van der Waals surface area contributed by atoms with Gasteiger partial charge >= 0.3 is 0 Å². The van der Waals surface area contributed by atoms with Gasteiger partial charge in [0, 0.05) is 16.6 Å². The SMILES string of the molecule is CCC(N)(CC)CNC(=O)c1cc(Br)c(Br)s1. The fourth-order valence-electron chi connectivity index (χ4n) is 1.30. The Morgan fingerprint density at radius 1 is 1.47 bits per heavy atom. The fraction of sp³-hybridized carbons (Fsp3) is 0.545. The Morgan fingerprint density at radius 2 is 2.06 bits per heavy atom. The zero-order valence-electron chi connectivity index (χ0n) is 9.85. The summed E-state index contributed by atoms with van der Waals surface area (Å²) in [7, 11) is 0. The number of amides is 1. The van der Waals surface area contributed by atoms with E-state index in [0.29, 0.717) is 11.4 Å². The topological polar surface area (TPSA) is 55.1 Å². The number of thiophene rings is 1. The van der Waals surface area contributed by atoms with Crippen LogP contribution in [0.5, 0.6) is 0 Å². The molecule has 0 unspecified atom stereocenters. The van der Waals surface area contributed by atoms with Crippen molar-refractivity contribution in [1.82, 2.24) is 5.32 Å². The van der Waals surface area contributed by atoms with E-state index in [1.165, 1.54) is 11.3 Å². The minimum Gasteiger partial charge on any atom is -0.349 e. The number of rotatable bonds is 5. The Labute approximate surface area is 122 Å². The van der Waals surface area contributed by atoms with Gasteiger partial charge in [-0.1, -0.05) is 13.8 Å². The van der Waals surface area contributed by atoms with Gasteiger partial charge in [-0.25, -0.2) is 0 Å². The van der Waals surface area contributed by atoms with Crippen LogP contribution in [0.2, 0.25) is 0 Å². The first-order valence-corrected chi connectivity index (χ1v) is 7.84. The molecular weight excluding hydrogens is 368 g/mol. The largest absolute Gasteiger partial charge is 0.349 e. The molecule has 1 aromatic heterocycles. The van der Waals surface area contributed by atoms with E-state index in [-0.39, 0.29) is 11.4 Å². The van der Waals surface area contributed by atoms with Gasteiger partial charge in [-0.15, -0.1) is 11.3 Å². The first-order valence-electron chi connectivity index (χ1n) is 5.43. The molecule has 17 heavy (non-hydrogen) atoms. The van der Waals surface area contributed by atoms with Crippen molar-refractivity contribution in [3.63, 3.8) is 0 Å². The normalized spacial score (nSPS) is 11.6. The van der Waals surface area contributed by atoms with Gasteiger partial charge in [-0.05, 0) is 50.8 Å². The average molecular weight is 384 g/mol. The van der Waals surface area contributed by atoms with E-state index < -0.39 is 0 Å². The minimum absolute atomic E-state index is 0.0712. The Hall–Kier alpha value is 0.0900. The van der Waals surface area contributed by atoms with Gasteiger partial charge in [0.15, 0.2) is 0 Å². The first-order chi connectivity index (χ1) is 7.91. The highest BCUT2D eigenvalue weighted by Gasteiger charge is 2.21. The summed E-state index contributed by atoms with van der Waals surface area (Å²) in [5.41, 5.74) is 5.82. The third-order valence-corrected chi connectivity index (χ3v) is 6.13. The quantitative estimate of drug-likeness (QED) is 0.817. The van der Waals surface area contributed by atoms with E-state index in [4.69, 9.17) is 5.73 Å². The summed E-state index contributed by atoms with van der Waals surface area (Å²) in [6.45, 7) is 4.58. The van der Waals surface area contributed by atoms with Gasteiger partial charge in [0.1, 0.15) is 0 Å². The van der Waals surface area contributed by atoms with Gasteiger partial charge in [0.05, 0.1) is 8.66 Å². The van der Waals surface area contributed by atoms with Crippen LogP contribution in [-0.4, -0.2) is 18.0 Å². The van der Waals surface area contributed by atoms with E-state index in [0.717, 1.165) is 21.1 Å². The van der Waals surface area contributed by atoms with Crippen LogP contribution in [0.1, 0.15) is 36.4 Å². The monoisotopic (exact) mass is 382 g/mol. The summed E-state index contributed by atoms with van der Waals surface area (Å²) in [4.78, 5) is 12.6. The van der Waals surface area contributed by atoms with Gasteiger partial charge in [0.2, 0.25) is 0 Å². The summed E-state index contributed by atoms with van der Waals surface area (Å²) in [5.74, 6) is -0.0712. The van der Waals surface area contributed by atoms with Crippen LogP contribution in [0.3, 0.4) is 0 Å². The summed E-state index contributed by atoms with van der Waals surface area (Å²) >= 11 is 8.14. The number of hydrogen-bond donors (Lipinski definition) is 2. The van der Waals surface area contributed by atoms with E-state index in [2.05, 4.69) is 37.2 Å². The maximum atomic E-state index is 11.9. The van der Waals surface area contributed by atoms with Crippen molar-refractivity contribution in [3.8, 4) is 0 Å². The van der Waals surface area contributed by atoms with Crippen LogP contribution in [0.15, 0.2) is 14.3 Å². The molecule has 6 heteroatoms. The lowest BCUT2D eigenvalue weighted by Gasteiger charge is -2.26. The fourth-order valence-corrected chi connectivity index (χ4v) is 3.25. The zero-order chi connectivity index (χ0) is 13.1. The zero-order valence-corrected chi connectivity index (χ0v) is 13.8. The van der Waals surface area contributed by atoms with Crippen LogP contribution in [0.4, 0.5) is 0 Å². The minimum atomic E-state index is -0.304. The molecule has 0 saturated carbocycles. The molecule has 3 nitrogen and oxygen atoms in total. The molecule has 0 atom stereocenters. The highest BCUT2D eigenvalue weighted by molar-refractivity contribution is 9.13. The van der Waals surface area contributed by atoms with Crippen molar-refractivity contribution in [1.29, 1.82) is 0 Å². The molecule has 0 saturated heterocycles. The second-order valence-corrected chi connectivity index (χ2v) is 7.21. The van der Waals surface area contributed by atoms with Gasteiger partial charge < -0.3 is 11.1 Å². The number of nitrogens with two attached hydrogens (primary N) is 1. The van der Waals surface area contributed by atoms with Gasteiger partial charge in [0.25, 0.3) is 5.91 Å². The van der Waals surface area contributed by atoms with E-state index >= 15 is 0 Å². The lowest BCUT2D eigenvalue weighted by atomic mass is 9.94. The molecular formula is C11H16Br2N2OS. The molecule has 0 radical (unpaired) electrons. The maximum absolute atomic E-state index is 11.9. The van der Waals surface area contributed by atoms with E-state index in [1.807, 2.05) is 13.8 Å². The lowest BCUT2D eigenvalue weighted by molar-refractivity contribution is 0.0946. The number of hydrogen-bond acceptors (Lipinski definition) is 3. The number of carbonyl (C=O) groups excluding carboxylic acids is 1. The van der Waals surface area contributed by atoms with Crippen LogP contribution in [-0.2, 0) is 0 Å². The Morgan fingerprint density at radius 3 is 2.47 bits per heavy atom. The Bertz CT molecular complexity index is 383. The Balaban J connectivity index is 2.61. The smallest absolute Gasteiger partial charge is 0.261 e. The first kappa shape index (κ1) is 15.1. The summed E-state index contributed by atoms with van der Waals surface area (Å²) in [6, 6.07) is 1.81. The highest BCUT2D eigenvalue weighted by atomic mass is 79.9. The van der Waals surface area contributed by atoms with Crippen molar-refractivity contribution in [2.24, 2.45) is 5.73 Å². The van der Waals surface area contributed by atoms with Gasteiger partial charge in [-0.3, -0.25) is 4.79 Å². The third kappa shape index (κ3) is 4.05. The lowest BCUT2D eigenvalue weighted by Crippen LogP contribution is -2.49. The van der Waals surface area contributed by atoms with Crippen molar-refractivity contribution in [3.05, 3.63) is 19.2 Å². The van der Waals surface area contributed by atoms with Crippen LogP contribution >= 0.6 is 43.2 Å². The molecule has 0 aliphatic rings. The van der Waals surface area contributed by atoms with E-state index in [1.54, 1.807) is 6.07 Å². The second kappa shape index (κ2) is 6.31. The van der Waals surface area contributed by atoms with Crippen LogP contribution in [0, 0.1) is 0 Å². The number of nitrogens with one attached hydrogen (secondary N) is 1. The molecule has 3 N–H and O–H groups in total. The predicted octanol–water partition coefficient (Wildman–Crippen LogP) is 3.52. The molecule has 1 amide bonds. The van der Waals surface area contributed by atoms with Crippen LogP contribution < -0.4 is 11.1 Å². The van der Waals surface area contributed by atoms with Crippen molar-refractivity contribution >= 4 is 49.1 Å². The standard InChI is InChI=1S/C11H16Br2N2OS/c1-3-11(14,4-2)6-15-10(16)8-5-7(12)9(13)17-8/h5H,3-4,6,14H2,1-2H3,(H,15,16). The molecule has 1 heterocycles. The summed E-state index contributed by atoms with van der Waals surface area (Å²) < 4.78 is 1.82.